The van der Waals surface area contributed by atoms with Crippen LogP contribution in [0.2, 0.25) is 10.0 Å². The normalized spacial score (nSPS) is 11.6. The van der Waals surface area contributed by atoms with Crippen molar-refractivity contribution in [3.63, 3.8) is 0 Å². The standard InChI is InChI=1S/C24H22ClF4N7O4.C24H24ClF4N5O4.2H2S.H2/c1-36(22(37)31-11-15-5-3-7-18(27)21(15)25)17(10-24(28,29)13-32-35-30)12-39-23(38)33-20-9-19(34-40-20)14-4-2-6-16(26)8-14;1-34(22(35)31-11-15-5-3-7-18(27)21(15)25)17(10-24(28,29)13-30)12-37-23(36)32-20-9-19(33-38-20)14-4-2-6-16(26)8-14;;;/h2-9,17H,10-13H2,1H3,(H,31,37)(H,33,38);2-9,17H,10-13,30H2,1H3,(H,31,35)(H,32,36);2*1H2;1H/t2*17-;;;/m00.../s1. The van der Waals surface area contributed by atoms with E-state index < -0.39 is 111 Å². The van der Waals surface area contributed by atoms with E-state index in [9.17, 15) is 54.3 Å². The minimum Gasteiger partial charge on any atom is -0.447 e. The second kappa shape index (κ2) is 31.2. The lowest BCUT2D eigenvalue weighted by molar-refractivity contribution is -0.0264. The van der Waals surface area contributed by atoms with Crippen LogP contribution in [0.5, 0.6) is 0 Å². The van der Waals surface area contributed by atoms with Crippen molar-refractivity contribution in [2.45, 2.75) is 49.9 Å². The van der Waals surface area contributed by atoms with E-state index >= 15 is 0 Å². The number of hydrogen-bond donors (Lipinski definition) is 5. The Balaban J connectivity index is 0.000000534. The van der Waals surface area contributed by atoms with Gasteiger partial charge < -0.3 is 44.7 Å². The number of anilines is 2. The highest BCUT2D eigenvalue weighted by Gasteiger charge is 2.37. The summed E-state index contributed by atoms with van der Waals surface area (Å²) in [6.45, 7) is -3.92. The number of ether oxygens (including phenoxy) is 2. The highest BCUT2D eigenvalue weighted by Crippen LogP contribution is 2.28. The van der Waals surface area contributed by atoms with E-state index in [0.29, 0.717) is 11.1 Å². The molecule has 6 rings (SSSR count). The minimum atomic E-state index is -3.55. The number of aromatic nitrogens is 2. The zero-order valence-corrected chi connectivity index (χ0v) is 45.3. The summed E-state index contributed by atoms with van der Waals surface area (Å²) >= 11 is 11.7. The summed E-state index contributed by atoms with van der Waals surface area (Å²) in [6.07, 6.45) is -4.14. The van der Waals surface area contributed by atoms with Gasteiger partial charge in [0.05, 0.1) is 35.2 Å². The first-order valence-electron chi connectivity index (χ1n) is 22.6. The lowest BCUT2D eigenvalue weighted by atomic mass is 10.1. The third-order valence-electron chi connectivity index (χ3n) is 10.9. The van der Waals surface area contributed by atoms with Gasteiger partial charge in [-0.05, 0) is 53.1 Å². The molecule has 434 valence electrons. The Morgan fingerprint density at radius 1 is 0.688 bits per heavy atom. The van der Waals surface area contributed by atoms with Crippen LogP contribution in [0.15, 0.2) is 111 Å². The maximum Gasteiger partial charge on any atom is 0.414 e. The number of azide groups is 1. The van der Waals surface area contributed by atoms with E-state index in [4.69, 9.17) is 53.0 Å². The number of benzene rings is 4. The van der Waals surface area contributed by atoms with Crippen molar-refractivity contribution in [3.05, 3.63) is 152 Å². The van der Waals surface area contributed by atoms with Crippen molar-refractivity contribution in [1.82, 2.24) is 30.7 Å². The van der Waals surface area contributed by atoms with E-state index in [1.807, 2.05) is 0 Å². The van der Waals surface area contributed by atoms with Gasteiger partial charge in [-0.2, -0.15) is 27.0 Å². The number of nitrogens with one attached hydrogen (secondary N) is 4. The number of halogens is 10. The molecule has 6 N–H and O–H groups in total. The fourth-order valence-corrected chi connectivity index (χ4v) is 7.12. The first kappa shape index (κ1) is 66.6. The Morgan fingerprint density at radius 2 is 1.09 bits per heavy atom. The number of hydrogen-bond acceptors (Lipinski definition) is 12. The number of nitrogens with two attached hydrogens (primary N) is 1. The largest absolute Gasteiger partial charge is 0.447 e. The molecule has 0 aliphatic heterocycles. The highest BCUT2D eigenvalue weighted by atomic mass is 35.5. The predicted molar refractivity (Wildman–Crippen MR) is 289 cm³/mol. The Labute approximate surface area is 475 Å². The van der Waals surface area contributed by atoms with Crippen molar-refractivity contribution < 1.29 is 74.2 Å². The molecule has 2 aromatic heterocycles. The number of carbonyl (C=O) groups excluding carboxylic acids is 4. The molecule has 0 aliphatic carbocycles. The molecule has 80 heavy (non-hydrogen) atoms. The van der Waals surface area contributed by atoms with Gasteiger partial charge in [0.2, 0.25) is 11.8 Å². The maximum absolute atomic E-state index is 14.4. The zero-order chi connectivity index (χ0) is 57.2. The first-order chi connectivity index (χ1) is 37.0. The summed E-state index contributed by atoms with van der Waals surface area (Å²) in [7, 11) is 2.41. The van der Waals surface area contributed by atoms with Gasteiger partial charge >= 0.3 is 24.2 Å². The van der Waals surface area contributed by atoms with Crippen LogP contribution in [-0.4, -0.2) is 109 Å². The van der Waals surface area contributed by atoms with Crippen LogP contribution >= 0.6 is 50.2 Å². The fourth-order valence-electron chi connectivity index (χ4n) is 6.73. The molecule has 20 nitrogen and oxygen atoms in total. The van der Waals surface area contributed by atoms with Crippen LogP contribution in [-0.2, 0) is 22.6 Å². The highest BCUT2D eigenvalue weighted by molar-refractivity contribution is 7.59. The predicted octanol–water partition coefficient (Wildman–Crippen LogP) is 11.9. The molecule has 0 fully saturated rings. The van der Waals surface area contributed by atoms with Gasteiger partial charge in [0.1, 0.15) is 47.9 Å². The van der Waals surface area contributed by atoms with Crippen LogP contribution in [0.25, 0.3) is 33.0 Å². The zero-order valence-electron chi connectivity index (χ0n) is 41.8. The summed E-state index contributed by atoms with van der Waals surface area (Å²) in [6, 6.07) is 17.2. The number of alkyl halides is 4. The lowest BCUT2D eigenvalue weighted by Gasteiger charge is -2.30. The molecule has 2 atom stereocenters. The topological polar surface area (TPSA) is 268 Å². The molecule has 0 saturated carbocycles. The van der Waals surface area contributed by atoms with Gasteiger partial charge in [0, 0.05) is 69.6 Å². The molecule has 6 amide bonds. The van der Waals surface area contributed by atoms with E-state index in [1.165, 1.54) is 86.9 Å². The van der Waals surface area contributed by atoms with Gasteiger partial charge in [0.15, 0.2) is 0 Å². The van der Waals surface area contributed by atoms with Crippen molar-refractivity contribution in [1.29, 1.82) is 0 Å². The number of nitrogens with zero attached hydrogens (tertiary/aromatic N) is 7. The average Bonchev–Trinajstić information content (AvgIpc) is 4.08. The monoisotopic (exact) mass is 1210 g/mol. The van der Waals surface area contributed by atoms with E-state index in [2.05, 4.69) is 41.6 Å². The second-order valence-corrected chi connectivity index (χ2v) is 17.4. The summed E-state index contributed by atoms with van der Waals surface area (Å²) in [5.74, 6) is -9.62. The molecular formula is C48H52Cl2F8N12O8S2. The third-order valence-corrected chi connectivity index (χ3v) is 11.8. The second-order valence-electron chi connectivity index (χ2n) is 16.6. The van der Waals surface area contributed by atoms with Crippen LogP contribution in [0.3, 0.4) is 0 Å². The van der Waals surface area contributed by atoms with Crippen LogP contribution in [0.1, 0.15) is 25.4 Å². The first-order valence-corrected chi connectivity index (χ1v) is 23.4. The number of likely N-dealkylation sites (N-methyl/N-ethyl adjacent to an activating group) is 2. The Morgan fingerprint density at radius 3 is 1.48 bits per heavy atom. The molecule has 0 spiro atoms. The summed E-state index contributed by atoms with van der Waals surface area (Å²) in [5.41, 5.74) is 15.2. The van der Waals surface area contributed by atoms with Crippen molar-refractivity contribution >= 4 is 86.2 Å². The van der Waals surface area contributed by atoms with Crippen LogP contribution in [0.4, 0.5) is 66.1 Å². The Hall–Kier alpha value is -7.63. The summed E-state index contributed by atoms with van der Waals surface area (Å²) in [5, 5.41) is 19.3. The van der Waals surface area contributed by atoms with Crippen molar-refractivity contribution in [2.24, 2.45) is 10.8 Å². The fraction of sp³-hybridized carbons (Fsp3) is 0.292. The van der Waals surface area contributed by atoms with Crippen molar-refractivity contribution in [2.75, 3.05) is 51.0 Å². The van der Waals surface area contributed by atoms with Gasteiger partial charge in [-0.25, -0.2) is 54.3 Å². The van der Waals surface area contributed by atoms with Crippen LogP contribution in [0, 0.1) is 23.3 Å². The molecule has 0 unspecified atom stereocenters. The molecule has 4 aromatic carbocycles. The van der Waals surface area contributed by atoms with Crippen LogP contribution < -0.4 is 27.0 Å². The van der Waals surface area contributed by atoms with Gasteiger partial charge in [-0.3, -0.25) is 10.6 Å². The van der Waals surface area contributed by atoms with E-state index in [-0.39, 0.29) is 85.8 Å². The number of urea groups is 2. The average molecular weight is 1210 g/mol. The quantitative estimate of drug-likeness (QED) is 0.0196. The number of carbonyl (C=O) groups is 4. The van der Waals surface area contributed by atoms with Crippen molar-refractivity contribution in [3.8, 4) is 22.5 Å². The SMILES string of the molecule is CN(C(=O)NCc1cccc(F)c1Cl)[C@H](COC(=O)Nc1cc(-c2cccc(F)c2)no1)CC(F)(F)CN.CN(C(=O)NCc1cccc(F)c1Cl)[C@H](COC(=O)Nc1cc(-c2cccc(F)c2)no1)CC(F)(F)CN=[N+]=[N-].S.S.[HH]. The van der Waals surface area contributed by atoms with Gasteiger partial charge in [0.25, 0.3) is 11.8 Å². The molecule has 0 saturated heterocycles. The lowest BCUT2D eigenvalue weighted by Crippen LogP contribution is -2.49. The van der Waals surface area contributed by atoms with E-state index in [1.54, 1.807) is 12.1 Å². The van der Waals surface area contributed by atoms with Gasteiger partial charge in [-0.15, -0.1) is 0 Å². The molecular weight excluding hydrogens is 1160 g/mol. The van der Waals surface area contributed by atoms with Gasteiger partial charge in [-0.1, -0.05) is 87.2 Å². The molecule has 32 heteroatoms. The third kappa shape index (κ3) is 20.5. The number of amides is 6. The number of rotatable bonds is 21. The summed E-state index contributed by atoms with van der Waals surface area (Å²) < 4.78 is 131. The molecule has 0 radical (unpaired) electrons. The molecule has 0 bridgehead atoms. The maximum atomic E-state index is 14.4. The summed E-state index contributed by atoms with van der Waals surface area (Å²) in [4.78, 5) is 54.0. The van der Waals surface area contributed by atoms with E-state index in [0.717, 1.165) is 21.9 Å². The Bertz CT molecular complexity index is 3100. The molecule has 0 aliphatic rings. The molecule has 2 heterocycles. The molecule has 6 aromatic rings. The minimum absolute atomic E-state index is 0. The Kier molecular flexibility index (Phi) is 26.0. The smallest absolute Gasteiger partial charge is 0.414 e.